The maximum atomic E-state index is 14.0. The number of aliphatic hydroxyl groups excluding tert-OH is 5. The van der Waals surface area contributed by atoms with Crippen LogP contribution in [0.2, 0.25) is 0 Å². The zero-order chi connectivity index (χ0) is 66.4. The maximum absolute atomic E-state index is 14.0. The summed E-state index contributed by atoms with van der Waals surface area (Å²) >= 11 is 0. The number of benzene rings is 1. The molecule has 526 valence electrons. The third kappa shape index (κ3) is 25.1. The third-order valence-electron chi connectivity index (χ3n) is 18.5. The van der Waals surface area contributed by atoms with Crippen molar-refractivity contribution in [2.45, 2.75) is 376 Å². The fraction of sp³-hybridized carbons (Fsp3) is 0.831. The van der Waals surface area contributed by atoms with Crippen molar-refractivity contribution in [1.82, 2.24) is 0 Å². The molecule has 5 saturated heterocycles. The van der Waals surface area contributed by atoms with Crippen LogP contribution in [0.5, 0.6) is 0 Å². The van der Waals surface area contributed by atoms with Gasteiger partial charge in [0.05, 0.1) is 30.5 Å². The molecule has 6 rings (SSSR count). The van der Waals surface area contributed by atoms with E-state index < -0.39 is 147 Å². The van der Waals surface area contributed by atoms with Crippen LogP contribution in [0.3, 0.4) is 0 Å². The summed E-state index contributed by atoms with van der Waals surface area (Å²) in [5.41, 5.74) is 0.692. The minimum absolute atomic E-state index is 0.0125. The molecule has 0 aromatic heterocycles. The number of fused-ring (bicyclic) bond motifs is 3. The average molecular weight is 1310 g/mol. The molecular weight excluding hydrogens is 1190 g/mol. The first-order chi connectivity index (χ1) is 44.4. The van der Waals surface area contributed by atoms with Crippen LogP contribution in [0.4, 0.5) is 0 Å². The van der Waals surface area contributed by atoms with Gasteiger partial charge in [0.1, 0.15) is 48.8 Å². The highest BCUT2D eigenvalue weighted by molar-refractivity contribution is 5.87. The molecule has 1 aromatic carbocycles. The van der Waals surface area contributed by atoms with Gasteiger partial charge in [0.15, 0.2) is 49.6 Å². The van der Waals surface area contributed by atoms with Crippen LogP contribution in [0.15, 0.2) is 36.4 Å². The lowest BCUT2D eigenvalue weighted by Gasteiger charge is -2.49. The Hall–Kier alpha value is -3.68. The number of hydrogen-bond acceptors (Lipinski definition) is 21. The molecule has 92 heavy (non-hydrogen) atoms. The van der Waals surface area contributed by atoms with Crippen molar-refractivity contribution in [3.8, 4) is 0 Å². The van der Waals surface area contributed by atoms with Crippen LogP contribution < -0.4 is 0 Å². The van der Waals surface area contributed by atoms with E-state index in [9.17, 15) is 44.7 Å². The lowest BCUT2D eigenvalue weighted by atomic mass is 9.95. The Bertz CT molecular complexity index is 2260. The summed E-state index contributed by atoms with van der Waals surface area (Å²) in [6.45, 7) is 12.8. The molecule has 5 aliphatic heterocycles. The van der Waals surface area contributed by atoms with E-state index in [2.05, 4.69) is 20.8 Å². The minimum atomic E-state index is -1.87. The largest absolute Gasteiger partial charge is 0.457 e. The van der Waals surface area contributed by atoms with E-state index in [0.717, 1.165) is 135 Å². The van der Waals surface area contributed by atoms with Gasteiger partial charge >= 0.3 is 23.9 Å². The van der Waals surface area contributed by atoms with Crippen molar-refractivity contribution in [1.29, 1.82) is 0 Å². The Morgan fingerprint density at radius 3 is 1.62 bits per heavy atom. The number of aliphatic hydroxyl groups is 5. The number of rotatable bonds is 31. The van der Waals surface area contributed by atoms with E-state index in [1.807, 2.05) is 6.07 Å². The van der Waals surface area contributed by atoms with Gasteiger partial charge in [-0.25, -0.2) is 4.79 Å². The number of hydrogen-bond donors (Lipinski definition) is 5. The lowest BCUT2D eigenvalue weighted by molar-refractivity contribution is -0.387. The second kappa shape index (κ2) is 42.1. The van der Waals surface area contributed by atoms with Crippen LogP contribution in [0.25, 0.3) is 6.08 Å². The standard InChI is InChI=1S/C71H116O21/c1-8-11-14-16-18-19-23-27-34-41-52(72)86-61-47(5)84-71(67(58(61)78)89-55(75)45-44-50-37-31-29-32-38-50)91-63-49(7)82-68(59(79)65(63)88-54(74)42-35-26-21-17-15-12-9-2)90-62-48(6)83-69-60(80)64(62)87-53(73)43-36-28-24-20-22-25-33-40-51(39-30-13-10-3)85-70-66(92-69)57(77)56(76)46(4)81-70/h29,31-32,37-38,44-49,51,56-71,76-80H,8-28,30,33-36,39-43H2,1-7H3/b45-44+/t46-,47+,48+,49+,51?,56+,57+,58-,59-,60-,61+,62+,63+,64+,65+,66-,67-,68+,69+,70+,71+/m1/s1. The average Bonchev–Trinajstić information content (AvgIpc) is 0.784. The van der Waals surface area contributed by atoms with Gasteiger partial charge in [0.2, 0.25) is 0 Å². The fourth-order valence-electron chi connectivity index (χ4n) is 12.9. The van der Waals surface area contributed by atoms with Gasteiger partial charge in [-0.3, -0.25) is 14.4 Å². The number of carbonyl (C=O) groups is 4. The van der Waals surface area contributed by atoms with Gasteiger partial charge in [-0.15, -0.1) is 0 Å². The third-order valence-corrected chi connectivity index (χ3v) is 18.5. The van der Waals surface area contributed by atoms with Gasteiger partial charge < -0.3 is 82.4 Å². The lowest BCUT2D eigenvalue weighted by Crippen LogP contribution is -2.67. The fourth-order valence-corrected chi connectivity index (χ4v) is 12.9. The summed E-state index contributed by atoms with van der Waals surface area (Å²) in [4.78, 5) is 55.1. The molecule has 5 heterocycles. The van der Waals surface area contributed by atoms with Gasteiger partial charge in [-0.1, -0.05) is 199 Å². The molecule has 0 amide bonds. The van der Waals surface area contributed by atoms with Gasteiger partial charge in [-0.05, 0) is 71.4 Å². The molecule has 1 unspecified atom stereocenters. The van der Waals surface area contributed by atoms with Gasteiger partial charge in [0, 0.05) is 25.3 Å². The molecule has 0 saturated carbocycles. The normalized spacial score (nSPS) is 34.6. The van der Waals surface area contributed by atoms with Crippen molar-refractivity contribution in [3.63, 3.8) is 0 Å². The summed E-state index contributed by atoms with van der Waals surface area (Å²) < 4.78 is 75.9. The zero-order valence-corrected chi connectivity index (χ0v) is 56.4. The first-order valence-electron chi connectivity index (χ1n) is 35.6. The minimum Gasteiger partial charge on any atom is -0.457 e. The van der Waals surface area contributed by atoms with E-state index in [1.54, 1.807) is 52.0 Å². The van der Waals surface area contributed by atoms with Crippen molar-refractivity contribution < 1.29 is 102 Å². The van der Waals surface area contributed by atoms with Crippen molar-refractivity contribution in [2.75, 3.05) is 0 Å². The van der Waals surface area contributed by atoms with Crippen LogP contribution in [0.1, 0.15) is 253 Å². The number of carbonyl (C=O) groups excluding carboxylic acids is 4. The Kier molecular flexibility index (Phi) is 35.4. The van der Waals surface area contributed by atoms with Crippen LogP contribution >= 0.6 is 0 Å². The molecule has 5 fully saturated rings. The highest BCUT2D eigenvalue weighted by Crippen LogP contribution is 2.38. The molecule has 21 heteroatoms. The summed E-state index contributed by atoms with van der Waals surface area (Å²) in [5, 5.41) is 60.0. The van der Waals surface area contributed by atoms with Crippen molar-refractivity contribution in [2.24, 2.45) is 0 Å². The topological polar surface area (TPSA) is 280 Å². The van der Waals surface area contributed by atoms with E-state index >= 15 is 0 Å². The summed E-state index contributed by atoms with van der Waals surface area (Å²) in [6, 6.07) is 9.02. The highest BCUT2D eigenvalue weighted by Gasteiger charge is 2.57. The number of ether oxygens (including phenoxy) is 12. The van der Waals surface area contributed by atoms with Gasteiger partial charge in [-0.2, -0.15) is 0 Å². The van der Waals surface area contributed by atoms with Crippen LogP contribution in [-0.2, 0) is 76.0 Å². The Morgan fingerprint density at radius 1 is 0.467 bits per heavy atom. The first-order valence-corrected chi connectivity index (χ1v) is 35.6. The Balaban J connectivity index is 1.26. The van der Waals surface area contributed by atoms with E-state index in [0.29, 0.717) is 24.8 Å². The number of esters is 4. The molecule has 21 nitrogen and oxygen atoms in total. The van der Waals surface area contributed by atoms with E-state index in [-0.39, 0.29) is 25.4 Å². The second-order valence-corrected chi connectivity index (χ2v) is 26.3. The van der Waals surface area contributed by atoms with Crippen molar-refractivity contribution in [3.05, 3.63) is 42.0 Å². The molecular formula is C71H116O21. The summed E-state index contributed by atoms with van der Waals surface area (Å²) in [5.74, 6) is -2.76. The van der Waals surface area contributed by atoms with Gasteiger partial charge in [0.25, 0.3) is 0 Å². The first kappa shape index (κ1) is 77.3. The number of unbranched alkanes of at least 4 members (excludes halogenated alkanes) is 16. The smallest absolute Gasteiger partial charge is 0.331 e. The molecule has 5 N–H and O–H groups in total. The second-order valence-electron chi connectivity index (χ2n) is 26.3. The molecule has 0 aliphatic carbocycles. The molecule has 5 aliphatic rings. The zero-order valence-electron chi connectivity index (χ0n) is 56.4. The Morgan fingerprint density at radius 2 is 0.989 bits per heavy atom. The predicted octanol–water partition coefficient (Wildman–Crippen LogP) is 10.8. The molecule has 21 atom stereocenters. The van der Waals surface area contributed by atoms with Crippen molar-refractivity contribution >= 4 is 30.0 Å². The van der Waals surface area contributed by atoms with E-state index in [4.69, 9.17) is 56.8 Å². The molecule has 0 radical (unpaired) electrons. The maximum Gasteiger partial charge on any atom is 0.331 e. The van der Waals surface area contributed by atoms with E-state index in [1.165, 1.54) is 37.8 Å². The summed E-state index contributed by atoms with van der Waals surface area (Å²) in [7, 11) is 0. The predicted molar refractivity (Wildman–Crippen MR) is 342 cm³/mol. The molecule has 1 aromatic rings. The Labute approximate surface area is 547 Å². The SMILES string of the molecule is CCCCCCCCCCCC(=O)O[C@@H]1[C@@H](O)[C@@H](OC(=O)/C=C/c2ccccc2)[C@H](O[C@@H]2[C@@H](OC(=O)CCCCCCCCC)[C@@H](O)[C@H](O[C@@H]3[C@H]4OC(=O)CCCCCCCCCC(CCCCC)O[C@@H]5O[C@H](C)[C@H](O)[C@H](O)[C@H]5O[C@H](O[C@H]3C)[C@@H]4O)O[C@H]2C)O[C@H]1C. The molecule has 0 spiro atoms. The summed E-state index contributed by atoms with van der Waals surface area (Å²) in [6.07, 6.45) is 0.0422. The quantitative estimate of drug-likeness (QED) is 0.0200. The van der Waals surface area contributed by atoms with Crippen LogP contribution in [-0.4, -0.2) is 178 Å². The monoisotopic (exact) mass is 1300 g/mol. The van der Waals surface area contributed by atoms with Crippen LogP contribution in [0, 0.1) is 0 Å². The highest BCUT2D eigenvalue weighted by atomic mass is 16.8. The molecule has 2 bridgehead atoms.